The van der Waals surface area contributed by atoms with Crippen LogP contribution in [-0.2, 0) is 5.41 Å². The average Bonchev–Trinajstić information content (AvgIpc) is 3.99. The molecule has 1 saturated carbocycles. The highest BCUT2D eigenvalue weighted by molar-refractivity contribution is 7.19. The zero-order valence-corrected chi connectivity index (χ0v) is 38.0. The van der Waals surface area contributed by atoms with Gasteiger partial charge in [-0.15, -0.1) is 0 Å². The molecule has 1 aliphatic heterocycles. The van der Waals surface area contributed by atoms with E-state index in [9.17, 15) is 0 Å². The summed E-state index contributed by atoms with van der Waals surface area (Å²) >= 11 is 0. The topological polar surface area (TPSA) is 60.0 Å². The predicted octanol–water partition coefficient (Wildman–Crippen LogP) is 11.7. The molecule has 1 aliphatic carbocycles. The molecule has 2 atom stereocenters. The first kappa shape index (κ1) is 38.8. The summed E-state index contributed by atoms with van der Waals surface area (Å²) in [6.45, 7) is 4.90. The molecule has 0 amide bonds. The van der Waals surface area contributed by atoms with Crippen LogP contribution in [-0.4, -0.2) is 33.1 Å². The van der Waals surface area contributed by atoms with Crippen molar-refractivity contribution in [3.05, 3.63) is 206 Å². The fraction of sp³-hybridized carbons (Fsp3) is 0.136. The molecule has 318 valence electrons. The zero-order valence-electron chi connectivity index (χ0n) is 37.0. The SMILES string of the molecule is CC12CCCCC1(C)N(c1nc(-c3cccc([Si](c4ccccc4)(c4ccccc4)c4ccccc4)c3)nc(-n3c4ccccc4c4c5oc6ccccc6c5ccc43)n1)c1ccccc12. The van der Waals surface area contributed by atoms with E-state index in [4.69, 9.17) is 19.4 Å². The van der Waals surface area contributed by atoms with E-state index in [-0.39, 0.29) is 11.0 Å². The van der Waals surface area contributed by atoms with Crippen molar-refractivity contribution in [1.82, 2.24) is 19.5 Å². The van der Waals surface area contributed by atoms with Crippen LogP contribution in [0.2, 0.25) is 0 Å². The minimum Gasteiger partial charge on any atom is -0.455 e. The van der Waals surface area contributed by atoms with E-state index >= 15 is 0 Å². The summed E-state index contributed by atoms with van der Waals surface area (Å²) < 4.78 is 8.96. The first-order valence-electron chi connectivity index (χ1n) is 23.2. The van der Waals surface area contributed by atoms with Gasteiger partial charge in [0.25, 0.3) is 0 Å². The number of anilines is 2. The van der Waals surface area contributed by atoms with Crippen LogP contribution in [0.25, 0.3) is 61.1 Å². The van der Waals surface area contributed by atoms with E-state index in [2.05, 4.69) is 217 Å². The van der Waals surface area contributed by atoms with Gasteiger partial charge in [-0.3, -0.25) is 4.57 Å². The van der Waals surface area contributed by atoms with Crippen LogP contribution in [0.5, 0.6) is 0 Å². The van der Waals surface area contributed by atoms with E-state index < -0.39 is 8.07 Å². The van der Waals surface area contributed by atoms with Crippen LogP contribution in [0.3, 0.4) is 0 Å². The number of furan rings is 1. The van der Waals surface area contributed by atoms with E-state index in [0.29, 0.717) is 17.7 Å². The van der Waals surface area contributed by atoms with Crippen molar-refractivity contribution >= 4 is 84.2 Å². The van der Waals surface area contributed by atoms with Crippen LogP contribution in [0.4, 0.5) is 11.6 Å². The highest BCUT2D eigenvalue weighted by atomic mass is 28.3. The number of hydrogen-bond donors (Lipinski definition) is 0. The molecule has 0 bridgehead atoms. The maximum atomic E-state index is 6.73. The maximum Gasteiger partial charge on any atom is 0.240 e. The fourth-order valence-electron chi connectivity index (χ4n) is 12.1. The summed E-state index contributed by atoms with van der Waals surface area (Å²) in [4.78, 5) is 19.3. The summed E-state index contributed by atoms with van der Waals surface area (Å²) in [6.07, 6.45) is 4.48. The Hall–Kier alpha value is -7.61. The van der Waals surface area contributed by atoms with Gasteiger partial charge in [-0.25, -0.2) is 0 Å². The molecule has 13 rings (SSSR count). The Morgan fingerprint density at radius 1 is 0.500 bits per heavy atom. The molecular formula is C59H47N5OSi. The summed E-state index contributed by atoms with van der Waals surface area (Å²) in [6, 6.07) is 72.6. The van der Waals surface area contributed by atoms with Gasteiger partial charge in [0.15, 0.2) is 13.9 Å². The standard InChI is InChI=1S/C59H47N5OSi/c1-58-37-18-19-38-59(58,2)64(50-33-16-14-31-48(50)58)57-61-55(40-21-20-28-44(39-40)66(41-22-6-3-7-23-41,42-24-8-4-9-25-42)43-26-10-5-11-27-43)60-56(62-57)63-49-32-15-12-30-47(49)53-51(63)36-35-46-45-29-13-17-34-52(45)65-54(46)53/h3-17,20-36,39H,18-19,37-38H2,1-2H3. The van der Waals surface area contributed by atoms with E-state index in [0.717, 1.165) is 68.6 Å². The molecule has 0 saturated heterocycles. The van der Waals surface area contributed by atoms with Gasteiger partial charge in [0, 0.05) is 32.8 Å². The molecule has 1 fully saturated rings. The van der Waals surface area contributed by atoms with Gasteiger partial charge in [0.05, 0.1) is 22.0 Å². The smallest absolute Gasteiger partial charge is 0.240 e. The zero-order chi connectivity index (χ0) is 44.0. The minimum absolute atomic E-state index is 0.0826. The molecule has 2 unspecified atom stereocenters. The lowest BCUT2D eigenvalue weighted by Crippen LogP contribution is -2.74. The molecule has 11 aromatic rings. The number of aromatic nitrogens is 4. The molecule has 0 spiro atoms. The molecule has 2 aliphatic rings. The monoisotopic (exact) mass is 869 g/mol. The van der Waals surface area contributed by atoms with Crippen LogP contribution in [0.1, 0.15) is 45.1 Å². The predicted molar refractivity (Wildman–Crippen MR) is 273 cm³/mol. The normalized spacial score (nSPS) is 18.3. The Bertz CT molecular complexity index is 3560. The molecular weight excluding hydrogens is 823 g/mol. The third kappa shape index (κ3) is 5.44. The lowest BCUT2D eigenvalue weighted by atomic mass is 9.61. The summed E-state index contributed by atoms with van der Waals surface area (Å²) in [5.41, 5.74) is 6.89. The molecule has 0 radical (unpaired) electrons. The molecule has 0 N–H and O–H groups in total. The number of fused-ring (bicyclic) bond motifs is 10. The molecule has 7 heteroatoms. The van der Waals surface area contributed by atoms with Crippen LogP contribution >= 0.6 is 0 Å². The van der Waals surface area contributed by atoms with E-state index in [1.54, 1.807) is 0 Å². The van der Waals surface area contributed by atoms with Crippen LogP contribution in [0.15, 0.2) is 205 Å². The molecule has 8 aromatic carbocycles. The van der Waals surface area contributed by atoms with E-state index in [1.807, 2.05) is 6.07 Å². The average molecular weight is 870 g/mol. The van der Waals surface area contributed by atoms with Gasteiger partial charge < -0.3 is 9.32 Å². The minimum atomic E-state index is -2.87. The van der Waals surface area contributed by atoms with Gasteiger partial charge in [-0.2, -0.15) is 15.0 Å². The first-order valence-corrected chi connectivity index (χ1v) is 25.2. The summed E-state index contributed by atoms with van der Waals surface area (Å²) in [5.74, 6) is 1.87. The molecule has 4 heterocycles. The highest BCUT2D eigenvalue weighted by Gasteiger charge is 2.58. The van der Waals surface area contributed by atoms with Gasteiger partial charge in [-0.1, -0.05) is 190 Å². The van der Waals surface area contributed by atoms with Crippen molar-refractivity contribution in [3.63, 3.8) is 0 Å². The third-order valence-corrected chi connectivity index (χ3v) is 20.2. The van der Waals surface area contributed by atoms with Gasteiger partial charge in [0.2, 0.25) is 11.9 Å². The van der Waals surface area contributed by atoms with Crippen molar-refractivity contribution in [2.45, 2.75) is 50.5 Å². The quantitative estimate of drug-likeness (QED) is 0.118. The Morgan fingerprint density at radius 3 is 1.85 bits per heavy atom. The number of hydrogen-bond acceptors (Lipinski definition) is 5. The Balaban J connectivity index is 1.10. The van der Waals surface area contributed by atoms with Crippen molar-refractivity contribution in [2.24, 2.45) is 0 Å². The van der Waals surface area contributed by atoms with Crippen LogP contribution < -0.4 is 25.6 Å². The largest absolute Gasteiger partial charge is 0.455 e. The lowest BCUT2D eigenvalue weighted by Gasteiger charge is -2.49. The lowest BCUT2D eigenvalue weighted by molar-refractivity contribution is 0.193. The maximum absolute atomic E-state index is 6.73. The van der Waals surface area contributed by atoms with Gasteiger partial charge in [0.1, 0.15) is 11.2 Å². The third-order valence-electron chi connectivity index (χ3n) is 15.4. The Labute approximate surface area is 384 Å². The highest BCUT2D eigenvalue weighted by Crippen LogP contribution is 2.60. The summed E-state index contributed by atoms with van der Waals surface area (Å²) in [5, 5.41) is 9.54. The summed E-state index contributed by atoms with van der Waals surface area (Å²) in [7, 11) is -2.87. The van der Waals surface area contributed by atoms with Crippen molar-refractivity contribution in [2.75, 3.05) is 4.90 Å². The Morgan fingerprint density at radius 2 is 1.11 bits per heavy atom. The second-order valence-corrected chi connectivity index (χ2v) is 22.5. The van der Waals surface area contributed by atoms with Crippen molar-refractivity contribution < 1.29 is 4.42 Å². The number of benzene rings is 8. The van der Waals surface area contributed by atoms with Crippen molar-refractivity contribution in [3.8, 4) is 17.3 Å². The van der Waals surface area contributed by atoms with E-state index in [1.165, 1.54) is 38.4 Å². The molecule has 66 heavy (non-hydrogen) atoms. The second-order valence-electron chi connectivity index (χ2n) is 18.6. The molecule has 3 aromatic heterocycles. The number of nitrogens with zero attached hydrogens (tertiary/aromatic N) is 5. The number of para-hydroxylation sites is 3. The number of rotatable bonds is 7. The Kier molecular flexibility index (Phi) is 8.65. The van der Waals surface area contributed by atoms with Crippen LogP contribution in [0, 0.1) is 0 Å². The second kappa shape index (κ2) is 14.7. The fourth-order valence-corrected chi connectivity index (χ4v) is 16.9. The first-order chi connectivity index (χ1) is 32.5. The van der Waals surface area contributed by atoms with Crippen molar-refractivity contribution in [1.29, 1.82) is 0 Å². The van der Waals surface area contributed by atoms with Gasteiger partial charge >= 0.3 is 0 Å². The van der Waals surface area contributed by atoms with Gasteiger partial charge in [-0.05, 0) is 76.4 Å². The molecule has 6 nitrogen and oxygen atoms in total.